The zero-order chi connectivity index (χ0) is 15.7. The topological polar surface area (TPSA) is 68.5 Å². The lowest BCUT2D eigenvalue weighted by atomic mass is 10.1. The van der Waals surface area contributed by atoms with Gasteiger partial charge in [0, 0.05) is 11.6 Å². The normalized spacial score (nSPS) is 17.8. The van der Waals surface area contributed by atoms with Crippen LogP contribution >= 0.6 is 11.6 Å². The Labute approximate surface area is 133 Å². The number of rotatable bonds is 3. The Kier molecular flexibility index (Phi) is 4.02. The van der Waals surface area contributed by atoms with Crippen LogP contribution in [0.1, 0.15) is 41.0 Å². The summed E-state index contributed by atoms with van der Waals surface area (Å²) in [6.07, 6.45) is 1.69. The fraction of sp³-hybridized carbons (Fsp3) is 0.400. The van der Waals surface area contributed by atoms with Crippen LogP contribution in [0.25, 0.3) is 0 Å². The van der Waals surface area contributed by atoms with Gasteiger partial charge < -0.3 is 14.2 Å². The van der Waals surface area contributed by atoms with E-state index in [0.29, 0.717) is 34.6 Å². The summed E-state index contributed by atoms with van der Waals surface area (Å²) in [5.41, 5.74) is 0.443. The molecular formula is C15H16ClN3O3. The van der Waals surface area contributed by atoms with E-state index in [4.69, 9.17) is 20.9 Å². The zero-order valence-corrected chi connectivity index (χ0v) is 13.1. The van der Waals surface area contributed by atoms with Gasteiger partial charge in [-0.25, -0.2) is 0 Å². The first-order chi connectivity index (χ1) is 10.6. The molecule has 0 radical (unpaired) electrons. The number of hydrogen-bond donors (Lipinski definition) is 0. The fourth-order valence-corrected chi connectivity index (χ4v) is 2.89. The number of halogens is 1. The molecule has 1 saturated heterocycles. The van der Waals surface area contributed by atoms with Gasteiger partial charge in [-0.3, -0.25) is 4.79 Å². The summed E-state index contributed by atoms with van der Waals surface area (Å²) in [4.78, 5) is 18.9. The Bertz CT molecular complexity index is 701. The summed E-state index contributed by atoms with van der Waals surface area (Å²) in [7, 11) is 1.53. The zero-order valence-electron chi connectivity index (χ0n) is 12.4. The third-order valence-corrected chi connectivity index (χ3v) is 3.97. The van der Waals surface area contributed by atoms with Crippen LogP contribution in [-0.4, -0.2) is 34.6 Å². The van der Waals surface area contributed by atoms with Gasteiger partial charge in [0.05, 0.1) is 12.7 Å². The van der Waals surface area contributed by atoms with E-state index >= 15 is 0 Å². The van der Waals surface area contributed by atoms with Gasteiger partial charge in [0.2, 0.25) is 5.89 Å². The van der Waals surface area contributed by atoms with Crippen molar-refractivity contribution < 1.29 is 14.1 Å². The standard InChI is InChI=1S/C15H16ClN3O3/c1-9-17-14(22-18-9)12-4-3-7-19(12)15(20)11-8-10(16)5-6-13(11)21-2/h5-6,8,12H,3-4,7H2,1-2H3. The number of likely N-dealkylation sites (tertiary alicyclic amines) is 1. The Morgan fingerprint density at radius 1 is 1.50 bits per heavy atom. The third kappa shape index (κ3) is 2.66. The third-order valence-electron chi connectivity index (χ3n) is 3.73. The number of hydrogen-bond acceptors (Lipinski definition) is 5. The first-order valence-corrected chi connectivity index (χ1v) is 7.42. The van der Waals surface area contributed by atoms with E-state index in [1.165, 1.54) is 7.11 Å². The van der Waals surface area contributed by atoms with Crippen LogP contribution in [0.15, 0.2) is 22.7 Å². The summed E-state index contributed by atoms with van der Waals surface area (Å²) in [5.74, 6) is 1.40. The highest BCUT2D eigenvalue weighted by Crippen LogP contribution is 2.34. The number of carbonyl (C=O) groups is 1. The van der Waals surface area contributed by atoms with E-state index in [0.717, 1.165) is 12.8 Å². The first-order valence-electron chi connectivity index (χ1n) is 7.05. The van der Waals surface area contributed by atoms with Crippen molar-refractivity contribution >= 4 is 17.5 Å². The quantitative estimate of drug-likeness (QED) is 0.869. The van der Waals surface area contributed by atoms with Crippen LogP contribution in [0.5, 0.6) is 5.75 Å². The number of carbonyl (C=O) groups excluding carboxylic acids is 1. The minimum atomic E-state index is -0.197. The lowest BCUT2D eigenvalue weighted by molar-refractivity contribution is 0.0706. The molecule has 0 saturated carbocycles. The summed E-state index contributed by atoms with van der Waals surface area (Å²) >= 11 is 6.01. The number of benzene rings is 1. The average molecular weight is 322 g/mol. The lowest BCUT2D eigenvalue weighted by Crippen LogP contribution is -2.31. The van der Waals surface area contributed by atoms with Crippen LogP contribution < -0.4 is 4.74 Å². The maximum atomic E-state index is 12.9. The van der Waals surface area contributed by atoms with Gasteiger partial charge in [-0.2, -0.15) is 4.98 Å². The predicted octanol–water partition coefficient (Wildman–Crippen LogP) is 3.02. The molecule has 1 aliphatic rings. The van der Waals surface area contributed by atoms with Gasteiger partial charge >= 0.3 is 0 Å². The number of amides is 1. The highest BCUT2D eigenvalue weighted by molar-refractivity contribution is 6.31. The molecule has 0 bridgehead atoms. The smallest absolute Gasteiger partial charge is 0.258 e. The Balaban J connectivity index is 1.92. The molecule has 3 rings (SSSR count). The van der Waals surface area contributed by atoms with Gasteiger partial charge in [0.25, 0.3) is 5.91 Å². The van der Waals surface area contributed by atoms with Gasteiger partial charge in [0.15, 0.2) is 5.82 Å². The van der Waals surface area contributed by atoms with Crippen molar-refractivity contribution in [1.29, 1.82) is 0 Å². The molecule has 1 atom stereocenters. The maximum Gasteiger partial charge on any atom is 0.258 e. The number of methoxy groups -OCH3 is 1. The van der Waals surface area contributed by atoms with E-state index in [-0.39, 0.29) is 11.9 Å². The highest BCUT2D eigenvalue weighted by Gasteiger charge is 2.35. The highest BCUT2D eigenvalue weighted by atomic mass is 35.5. The minimum Gasteiger partial charge on any atom is -0.496 e. The Morgan fingerprint density at radius 2 is 2.32 bits per heavy atom. The summed E-state index contributed by atoms with van der Waals surface area (Å²) in [6.45, 7) is 2.40. The maximum absolute atomic E-state index is 12.9. The molecule has 7 heteroatoms. The number of ether oxygens (including phenoxy) is 1. The van der Waals surface area contributed by atoms with Gasteiger partial charge in [-0.1, -0.05) is 16.8 Å². The van der Waals surface area contributed by atoms with Crippen molar-refractivity contribution in [3.8, 4) is 5.75 Å². The van der Waals surface area contributed by atoms with Crippen LogP contribution in [0.4, 0.5) is 0 Å². The predicted molar refractivity (Wildman–Crippen MR) is 80.1 cm³/mol. The number of aryl methyl sites for hydroxylation is 1. The van der Waals surface area contributed by atoms with Crippen molar-refractivity contribution in [3.63, 3.8) is 0 Å². The molecule has 2 heterocycles. The second-order valence-corrected chi connectivity index (χ2v) is 5.62. The minimum absolute atomic E-state index is 0.141. The van der Waals surface area contributed by atoms with Crippen molar-refractivity contribution in [2.45, 2.75) is 25.8 Å². The SMILES string of the molecule is COc1ccc(Cl)cc1C(=O)N1CCCC1c1nc(C)no1. The fourth-order valence-electron chi connectivity index (χ4n) is 2.72. The molecule has 116 valence electrons. The van der Waals surface area contributed by atoms with Gasteiger partial charge in [-0.05, 0) is 38.0 Å². The molecule has 2 aromatic rings. The van der Waals surface area contributed by atoms with Crippen molar-refractivity contribution in [2.75, 3.05) is 13.7 Å². The summed E-state index contributed by atoms with van der Waals surface area (Å²) in [5, 5.41) is 4.30. The Morgan fingerprint density at radius 3 is 3.00 bits per heavy atom. The van der Waals surface area contributed by atoms with E-state index < -0.39 is 0 Å². The number of nitrogens with zero attached hydrogens (tertiary/aromatic N) is 3. The van der Waals surface area contributed by atoms with Crippen molar-refractivity contribution in [2.24, 2.45) is 0 Å². The summed E-state index contributed by atoms with van der Waals surface area (Å²) < 4.78 is 10.5. The first kappa shape index (κ1) is 14.8. The molecule has 6 nitrogen and oxygen atoms in total. The second-order valence-electron chi connectivity index (χ2n) is 5.18. The van der Waals surface area contributed by atoms with Gasteiger partial charge in [-0.15, -0.1) is 0 Å². The molecule has 1 amide bonds. The average Bonchev–Trinajstić information content (AvgIpc) is 3.14. The van der Waals surface area contributed by atoms with Crippen molar-refractivity contribution in [1.82, 2.24) is 15.0 Å². The molecule has 0 spiro atoms. The lowest BCUT2D eigenvalue weighted by Gasteiger charge is -2.23. The molecule has 22 heavy (non-hydrogen) atoms. The van der Waals surface area contributed by atoms with Crippen molar-refractivity contribution in [3.05, 3.63) is 40.5 Å². The van der Waals surface area contributed by atoms with E-state index in [9.17, 15) is 4.79 Å². The van der Waals surface area contributed by atoms with Gasteiger partial charge in [0.1, 0.15) is 11.8 Å². The van der Waals surface area contributed by atoms with Crippen LogP contribution in [0.3, 0.4) is 0 Å². The van der Waals surface area contributed by atoms with E-state index in [2.05, 4.69) is 10.1 Å². The Hall–Kier alpha value is -2.08. The molecule has 0 N–H and O–H groups in total. The molecule has 1 aliphatic heterocycles. The van der Waals surface area contributed by atoms with E-state index in [1.54, 1.807) is 30.0 Å². The molecular weight excluding hydrogens is 306 g/mol. The van der Waals surface area contributed by atoms with Crippen LogP contribution in [0.2, 0.25) is 5.02 Å². The van der Waals surface area contributed by atoms with E-state index in [1.807, 2.05) is 0 Å². The van der Waals surface area contributed by atoms with Crippen LogP contribution in [-0.2, 0) is 0 Å². The molecule has 1 aromatic heterocycles. The monoisotopic (exact) mass is 321 g/mol. The van der Waals surface area contributed by atoms with Crippen LogP contribution in [0, 0.1) is 6.92 Å². The molecule has 0 aliphatic carbocycles. The largest absolute Gasteiger partial charge is 0.496 e. The summed E-state index contributed by atoms with van der Waals surface area (Å²) in [6, 6.07) is 4.81. The molecule has 1 unspecified atom stereocenters. The molecule has 1 aromatic carbocycles. The number of aromatic nitrogens is 2. The second kappa shape index (κ2) is 5.96. The molecule has 1 fully saturated rings.